The molecule has 0 aliphatic carbocycles. The van der Waals surface area contributed by atoms with Gasteiger partial charge in [0.1, 0.15) is 0 Å². The van der Waals surface area contributed by atoms with Crippen LogP contribution in [-0.4, -0.2) is 16.8 Å². The largest absolute Gasteiger partial charge is 0.459 e. The molecule has 0 aliphatic heterocycles. The molecule has 34 heavy (non-hydrogen) atoms. The van der Waals surface area contributed by atoms with Crippen molar-refractivity contribution in [1.82, 2.24) is 4.98 Å². The fourth-order valence-electron chi connectivity index (χ4n) is 3.48. The number of carbonyl (C=O) groups excluding carboxylic acids is 2. The van der Waals surface area contributed by atoms with Crippen LogP contribution in [0.1, 0.15) is 20.9 Å². The van der Waals surface area contributed by atoms with Gasteiger partial charge in [0.25, 0.3) is 11.8 Å². The van der Waals surface area contributed by atoms with Crippen molar-refractivity contribution in [2.45, 2.75) is 0 Å². The number of anilines is 2. The molecule has 0 atom stereocenters. The first-order valence-corrected chi connectivity index (χ1v) is 10.5. The van der Waals surface area contributed by atoms with Crippen LogP contribution >= 0.6 is 0 Å². The molecule has 0 aliphatic rings. The molecular formula is C27H19N3O4. The smallest absolute Gasteiger partial charge is 0.291 e. The lowest BCUT2D eigenvalue weighted by molar-refractivity contribution is 0.0995. The van der Waals surface area contributed by atoms with Crippen LogP contribution in [0.5, 0.6) is 0 Å². The predicted molar refractivity (Wildman–Crippen MR) is 128 cm³/mol. The molecule has 0 spiro atoms. The van der Waals surface area contributed by atoms with E-state index in [-0.39, 0.29) is 17.6 Å². The Morgan fingerprint density at radius 3 is 2.24 bits per heavy atom. The predicted octanol–water partition coefficient (Wildman–Crippen LogP) is 6.11. The summed E-state index contributed by atoms with van der Waals surface area (Å²) in [7, 11) is 0. The van der Waals surface area contributed by atoms with E-state index in [9.17, 15) is 9.59 Å². The van der Waals surface area contributed by atoms with Crippen molar-refractivity contribution in [3.63, 3.8) is 0 Å². The van der Waals surface area contributed by atoms with Gasteiger partial charge in [0.2, 0.25) is 5.89 Å². The lowest BCUT2D eigenvalue weighted by atomic mass is 10.1. The number of carbonyl (C=O) groups is 2. The third kappa shape index (κ3) is 4.49. The Kier molecular flexibility index (Phi) is 5.73. The van der Waals surface area contributed by atoms with Crippen LogP contribution in [0.15, 0.2) is 112 Å². The van der Waals surface area contributed by atoms with Crippen molar-refractivity contribution in [1.29, 1.82) is 0 Å². The summed E-state index contributed by atoms with van der Waals surface area (Å²) in [5.74, 6) is 0.459. The maximum Gasteiger partial charge on any atom is 0.291 e. The molecule has 7 heteroatoms. The highest BCUT2D eigenvalue weighted by Crippen LogP contribution is 2.29. The van der Waals surface area contributed by atoms with E-state index in [1.807, 2.05) is 36.4 Å². The first-order valence-electron chi connectivity index (χ1n) is 10.5. The monoisotopic (exact) mass is 449 g/mol. The molecule has 0 saturated heterocycles. The number of furan rings is 1. The molecule has 7 nitrogen and oxygen atoms in total. The van der Waals surface area contributed by atoms with Gasteiger partial charge in [-0.2, -0.15) is 0 Å². The van der Waals surface area contributed by atoms with E-state index >= 15 is 0 Å². The minimum absolute atomic E-state index is 0.198. The van der Waals surface area contributed by atoms with Crippen LogP contribution in [0, 0.1) is 0 Å². The van der Waals surface area contributed by atoms with Crippen molar-refractivity contribution in [3.05, 3.63) is 115 Å². The number of nitrogens with zero attached hydrogens (tertiary/aromatic N) is 1. The average Bonchev–Trinajstić information content (AvgIpc) is 3.58. The first kappa shape index (κ1) is 21.0. The molecule has 2 amide bonds. The summed E-state index contributed by atoms with van der Waals surface area (Å²) < 4.78 is 11.1. The highest BCUT2D eigenvalue weighted by Gasteiger charge is 2.17. The van der Waals surface area contributed by atoms with E-state index in [1.165, 1.54) is 6.26 Å². The molecule has 2 aromatic heterocycles. The van der Waals surface area contributed by atoms with Gasteiger partial charge < -0.3 is 19.5 Å². The third-order valence-electron chi connectivity index (χ3n) is 5.09. The van der Waals surface area contributed by atoms with Crippen LogP contribution in [-0.2, 0) is 0 Å². The zero-order valence-electron chi connectivity index (χ0n) is 17.9. The fourth-order valence-corrected chi connectivity index (χ4v) is 3.48. The van der Waals surface area contributed by atoms with Crippen molar-refractivity contribution >= 4 is 23.2 Å². The standard InChI is InChI=1S/C27H19N3O4/c31-25(29-19-10-6-11-20(16-19)30-26(32)23-14-7-15-33-23)21-12-4-5-13-22(21)27-28-17-24(34-27)18-8-2-1-3-9-18/h1-17H,(H,29,31)(H,30,32). The van der Waals surface area contributed by atoms with E-state index in [2.05, 4.69) is 15.6 Å². The summed E-state index contributed by atoms with van der Waals surface area (Å²) >= 11 is 0. The first-order chi connectivity index (χ1) is 16.7. The van der Waals surface area contributed by atoms with E-state index in [1.54, 1.807) is 60.8 Å². The van der Waals surface area contributed by atoms with Crippen LogP contribution in [0.25, 0.3) is 22.8 Å². The quantitative estimate of drug-likeness (QED) is 0.326. The van der Waals surface area contributed by atoms with Crippen molar-refractivity contribution < 1.29 is 18.4 Å². The van der Waals surface area contributed by atoms with Gasteiger partial charge in [-0.1, -0.05) is 48.5 Å². The zero-order chi connectivity index (χ0) is 23.3. The van der Waals surface area contributed by atoms with Gasteiger partial charge in [-0.15, -0.1) is 0 Å². The lowest BCUT2D eigenvalue weighted by Gasteiger charge is -2.10. The Bertz CT molecular complexity index is 1440. The Labute approximate surface area is 195 Å². The average molecular weight is 449 g/mol. The Morgan fingerprint density at radius 1 is 0.735 bits per heavy atom. The summed E-state index contributed by atoms with van der Waals surface area (Å²) in [6.07, 6.45) is 3.07. The Balaban J connectivity index is 1.36. The number of hydrogen-bond donors (Lipinski definition) is 2. The molecule has 166 valence electrons. The maximum absolute atomic E-state index is 13.1. The van der Waals surface area contributed by atoms with Gasteiger partial charge in [-0.3, -0.25) is 9.59 Å². The summed E-state index contributed by atoms with van der Waals surface area (Å²) in [6.45, 7) is 0. The van der Waals surface area contributed by atoms with Crippen LogP contribution < -0.4 is 10.6 Å². The molecule has 0 bridgehead atoms. The highest BCUT2D eigenvalue weighted by molar-refractivity contribution is 6.08. The second-order valence-corrected chi connectivity index (χ2v) is 7.41. The molecule has 5 rings (SSSR count). The minimum Gasteiger partial charge on any atom is -0.459 e. The number of benzene rings is 3. The minimum atomic E-state index is -0.378. The molecule has 0 saturated carbocycles. The van der Waals surface area contributed by atoms with E-state index < -0.39 is 0 Å². The lowest BCUT2D eigenvalue weighted by Crippen LogP contribution is -2.14. The summed E-state index contributed by atoms with van der Waals surface area (Å²) in [6, 6.07) is 26.8. The second kappa shape index (κ2) is 9.30. The SMILES string of the molecule is O=C(Nc1cccc(NC(=O)c2ccccc2-c2ncc(-c3ccccc3)o2)c1)c1ccco1. The zero-order valence-corrected chi connectivity index (χ0v) is 17.9. The molecule has 5 aromatic rings. The molecule has 2 N–H and O–H groups in total. The molecule has 0 fully saturated rings. The number of hydrogen-bond acceptors (Lipinski definition) is 5. The van der Waals surface area contributed by atoms with Gasteiger partial charge in [0.05, 0.1) is 18.0 Å². The molecular weight excluding hydrogens is 430 g/mol. The van der Waals surface area contributed by atoms with Crippen LogP contribution in [0.4, 0.5) is 11.4 Å². The van der Waals surface area contributed by atoms with Crippen molar-refractivity contribution in [2.24, 2.45) is 0 Å². The van der Waals surface area contributed by atoms with Gasteiger partial charge in [0.15, 0.2) is 11.5 Å². The van der Waals surface area contributed by atoms with Gasteiger partial charge in [0, 0.05) is 22.5 Å². The van der Waals surface area contributed by atoms with E-state index in [0.29, 0.717) is 34.2 Å². The second-order valence-electron chi connectivity index (χ2n) is 7.41. The van der Waals surface area contributed by atoms with E-state index in [4.69, 9.17) is 8.83 Å². The maximum atomic E-state index is 13.1. The number of oxazole rings is 1. The van der Waals surface area contributed by atoms with Crippen LogP contribution in [0.3, 0.4) is 0 Å². The van der Waals surface area contributed by atoms with Gasteiger partial charge in [-0.25, -0.2) is 4.98 Å². The summed E-state index contributed by atoms with van der Waals surface area (Å²) in [4.78, 5) is 29.7. The number of amides is 2. The molecule has 0 unspecified atom stereocenters. The fraction of sp³-hybridized carbons (Fsp3) is 0. The third-order valence-corrected chi connectivity index (χ3v) is 5.09. The number of rotatable bonds is 6. The number of aromatic nitrogens is 1. The van der Waals surface area contributed by atoms with Gasteiger partial charge in [-0.05, 0) is 42.5 Å². The molecule has 0 radical (unpaired) electrons. The normalized spacial score (nSPS) is 10.6. The number of nitrogens with one attached hydrogen (secondary N) is 2. The highest BCUT2D eigenvalue weighted by atomic mass is 16.4. The van der Waals surface area contributed by atoms with Crippen molar-refractivity contribution in [2.75, 3.05) is 10.6 Å². The Hall–Kier alpha value is -4.91. The Morgan fingerprint density at radius 2 is 1.47 bits per heavy atom. The summed E-state index contributed by atoms with van der Waals surface area (Å²) in [5.41, 5.74) is 2.93. The molecule has 3 aromatic carbocycles. The van der Waals surface area contributed by atoms with Crippen LogP contribution in [0.2, 0.25) is 0 Å². The van der Waals surface area contributed by atoms with Gasteiger partial charge >= 0.3 is 0 Å². The molecule has 2 heterocycles. The van der Waals surface area contributed by atoms with E-state index in [0.717, 1.165) is 5.56 Å². The van der Waals surface area contributed by atoms with Crippen molar-refractivity contribution in [3.8, 4) is 22.8 Å². The topological polar surface area (TPSA) is 97.4 Å². The summed E-state index contributed by atoms with van der Waals surface area (Å²) in [5, 5.41) is 5.62.